The van der Waals surface area contributed by atoms with Crippen LogP contribution >= 0.6 is 12.4 Å². The van der Waals surface area contributed by atoms with E-state index in [0.29, 0.717) is 25.1 Å². The van der Waals surface area contributed by atoms with Gasteiger partial charge in [-0.25, -0.2) is 0 Å². The van der Waals surface area contributed by atoms with Crippen molar-refractivity contribution in [3.05, 3.63) is 35.4 Å². The average Bonchev–Trinajstić information content (AvgIpc) is 2.84. The minimum atomic E-state index is -0.313. The minimum Gasteiger partial charge on any atom is -0.341 e. The fraction of sp³-hybridized carbons (Fsp3) is 0.500. The van der Waals surface area contributed by atoms with Crippen molar-refractivity contribution in [3.63, 3.8) is 0 Å². The zero-order valence-electron chi connectivity index (χ0n) is 14.9. The van der Waals surface area contributed by atoms with Gasteiger partial charge in [0.15, 0.2) is 0 Å². The van der Waals surface area contributed by atoms with Crippen LogP contribution in [0.1, 0.15) is 36.2 Å². The monoisotopic (exact) mass is 367 g/mol. The molecule has 1 aromatic carbocycles. The highest BCUT2D eigenvalue weighted by molar-refractivity contribution is 6.03. The van der Waals surface area contributed by atoms with Crippen LogP contribution in [0.5, 0.6) is 0 Å². The predicted molar refractivity (Wildman–Crippen MR) is 98.4 cm³/mol. The predicted octanol–water partition coefficient (Wildman–Crippen LogP) is 1.37. The maximum absolute atomic E-state index is 12.5. The number of benzene rings is 1. The van der Waals surface area contributed by atoms with Gasteiger partial charge in [0, 0.05) is 25.6 Å². The normalized spacial score (nSPS) is 17.0. The van der Waals surface area contributed by atoms with Crippen molar-refractivity contribution in [1.29, 1.82) is 0 Å². The first-order valence-corrected chi connectivity index (χ1v) is 8.10. The SMILES string of the molecule is CN(CC(C)(C)CN)C(=O)c1ccc(CC2CC(=O)NC2=O)cc1.Cl. The number of nitrogens with two attached hydrogens (primary N) is 1. The van der Waals surface area contributed by atoms with E-state index in [-0.39, 0.29) is 47.9 Å². The summed E-state index contributed by atoms with van der Waals surface area (Å²) >= 11 is 0. The van der Waals surface area contributed by atoms with Crippen LogP contribution in [-0.4, -0.2) is 42.8 Å². The van der Waals surface area contributed by atoms with Crippen LogP contribution in [0.2, 0.25) is 0 Å². The van der Waals surface area contributed by atoms with Crippen LogP contribution in [0.4, 0.5) is 0 Å². The second-order valence-corrected chi connectivity index (χ2v) is 7.24. The Hall–Kier alpha value is -1.92. The number of hydrogen-bond acceptors (Lipinski definition) is 4. The highest BCUT2D eigenvalue weighted by atomic mass is 35.5. The number of carbonyl (C=O) groups is 3. The smallest absolute Gasteiger partial charge is 0.253 e. The third-order valence-corrected chi connectivity index (χ3v) is 4.31. The number of amides is 3. The topological polar surface area (TPSA) is 92.5 Å². The molecular formula is C18H26ClN3O3. The van der Waals surface area contributed by atoms with Crippen LogP contribution in [-0.2, 0) is 16.0 Å². The number of halogens is 1. The Morgan fingerprint density at radius 1 is 1.28 bits per heavy atom. The highest BCUT2D eigenvalue weighted by Gasteiger charge is 2.30. The van der Waals surface area contributed by atoms with Gasteiger partial charge in [0.25, 0.3) is 5.91 Å². The molecule has 1 unspecified atom stereocenters. The van der Waals surface area contributed by atoms with Gasteiger partial charge in [-0.05, 0) is 36.1 Å². The molecule has 1 heterocycles. The van der Waals surface area contributed by atoms with Crippen molar-refractivity contribution in [2.45, 2.75) is 26.7 Å². The van der Waals surface area contributed by atoms with E-state index in [1.165, 1.54) is 0 Å². The molecule has 3 amide bonds. The van der Waals surface area contributed by atoms with Crippen LogP contribution in [0.3, 0.4) is 0 Å². The summed E-state index contributed by atoms with van der Waals surface area (Å²) in [5.74, 6) is -0.811. The van der Waals surface area contributed by atoms with Gasteiger partial charge in [-0.2, -0.15) is 0 Å². The van der Waals surface area contributed by atoms with Crippen LogP contribution in [0.15, 0.2) is 24.3 Å². The maximum Gasteiger partial charge on any atom is 0.253 e. The van der Waals surface area contributed by atoms with Crippen LogP contribution in [0.25, 0.3) is 0 Å². The number of carbonyl (C=O) groups excluding carboxylic acids is 3. The van der Waals surface area contributed by atoms with E-state index >= 15 is 0 Å². The highest BCUT2D eigenvalue weighted by Crippen LogP contribution is 2.19. The van der Waals surface area contributed by atoms with Crippen molar-refractivity contribution in [2.24, 2.45) is 17.1 Å². The van der Waals surface area contributed by atoms with E-state index in [0.717, 1.165) is 5.56 Å². The Balaban J connectivity index is 0.00000312. The standard InChI is InChI=1S/C18H25N3O3.ClH/c1-18(2,10-19)11-21(3)17(24)13-6-4-12(5-7-13)8-14-9-15(22)20-16(14)23;/h4-7,14H,8-11,19H2,1-3H3,(H,20,22,23);1H. The summed E-state index contributed by atoms with van der Waals surface area (Å²) in [7, 11) is 1.77. The molecule has 0 radical (unpaired) electrons. The van der Waals surface area contributed by atoms with E-state index in [1.807, 2.05) is 26.0 Å². The molecule has 1 aliphatic heterocycles. The first-order chi connectivity index (χ1) is 11.2. The number of hydrogen-bond donors (Lipinski definition) is 2. The Kier molecular flexibility index (Phi) is 7.14. The largest absolute Gasteiger partial charge is 0.341 e. The molecular weight excluding hydrogens is 342 g/mol. The number of rotatable bonds is 6. The van der Waals surface area contributed by atoms with E-state index in [4.69, 9.17) is 5.73 Å². The summed E-state index contributed by atoms with van der Waals surface area (Å²) in [5.41, 5.74) is 7.12. The fourth-order valence-corrected chi connectivity index (χ4v) is 2.84. The molecule has 0 bridgehead atoms. The lowest BCUT2D eigenvalue weighted by Crippen LogP contribution is -2.39. The lowest BCUT2D eigenvalue weighted by Gasteiger charge is -2.29. The summed E-state index contributed by atoms with van der Waals surface area (Å²) in [6.45, 7) is 5.13. The molecule has 1 aromatic rings. The summed E-state index contributed by atoms with van der Waals surface area (Å²) in [5, 5.41) is 2.31. The van der Waals surface area contributed by atoms with Crippen molar-refractivity contribution >= 4 is 30.1 Å². The van der Waals surface area contributed by atoms with Gasteiger partial charge < -0.3 is 10.6 Å². The molecule has 25 heavy (non-hydrogen) atoms. The second-order valence-electron chi connectivity index (χ2n) is 7.24. The Labute approximate surface area is 154 Å². The molecule has 0 spiro atoms. The molecule has 2 rings (SSSR count). The van der Waals surface area contributed by atoms with Crippen molar-refractivity contribution in [2.75, 3.05) is 20.1 Å². The summed E-state index contributed by atoms with van der Waals surface area (Å²) < 4.78 is 0. The lowest BCUT2D eigenvalue weighted by atomic mass is 9.93. The molecule has 0 aromatic heterocycles. The van der Waals surface area contributed by atoms with Crippen molar-refractivity contribution < 1.29 is 14.4 Å². The summed E-state index contributed by atoms with van der Waals surface area (Å²) in [4.78, 5) is 37.0. The fourth-order valence-electron chi connectivity index (χ4n) is 2.84. The van der Waals surface area contributed by atoms with Gasteiger partial charge >= 0.3 is 0 Å². The van der Waals surface area contributed by atoms with Gasteiger partial charge in [0.1, 0.15) is 0 Å². The quantitative estimate of drug-likeness (QED) is 0.743. The summed E-state index contributed by atoms with van der Waals surface area (Å²) in [6, 6.07) is 7.20. The number of nitrogens with zero attached hydrogens (tertiary/aromatic N) is 1. The third kappa shape index (κ3) is 5.54. The average molecular weight is 368 g/mol. The van der Waals surface area contributed by atoms with Crippen molar-refractivity contribution in [1.82, 2.24) is 10.2 Å². The number of nitrogens with one attached hydrogen (secondary N) is 1. The molecule has 1 fully saturated rings. The minimum absolute atomic E-state index is 0. The van der Waals surface area contributed by atoms with E-state index in [1.54, 1.807) is 24.1 Å². The molecule has 0 aliphatic carbocycles. The molecule has 3 N–H and O–H groups in total. The lowest BCUT2D eigenvalue weighted by molar-refractivity contribution is -0.125. The summed E-state index contributed by atoms with van der Waals surface area (Å²) in [6.07, 6.45) is 0.735. The molecule has 0 saturated carbocycles. The molecule has 1 saturated heterocycles. The van der Waals surface area contributed by atoms with Crippen molar-refractivity contribution in [3.8, 4) is 0 Å². The van der Waals surface area contributed by atoms with Gasteiger partial charge in [-0.15, -0.1) is 12.4 Å². The molecule has 138 valence electrons. The Morgan fingerprint density at radius 3 is 2.36 bits per heavy atom. The number of imide groups is 1. The Bertz CT molecular complexity index is 643. The van der Waals surface area contributed by atoms with Gasteiger partial charge in [-0.1, -0.05) is 26.0 Å². The van der Waals surface area contributed by atoms with Gasteiger partial charge in [0.2, 0.25) is 11.8 Å². The van der Waals surface area contributed by atoms with E-state index in [2.05, 4.69) is 5.32 Å². The van der Waals surface area contributed by atoms with Gasteiger partial charge in [-0.3, -0.25) is 19.7 Å². The van der Waals surface area contributed by atoms with E-state index < -0.39 is 0 Å². The zero-order chi connectivity index (χ0) is 17.9. The van der Waals surface area contributed by atoms with Crippen LogP contribution < -0.4 is 11.1 Å². The second kappa shape index (κ2) is 8.45. The first kappa shape index (κ1) is 21.1. The van der Waals surface area contributed by atoms with Gasteiger partial charge in [0.05, 0.1) is 5.92 Å². The molecule has 1 atom stereocenters. The van der Waals surface area contributed by atoms with Crippen LogP contribution in [0, 0.1) is 11.3 Å². The molecule has 6 nitrogen and oxygen atoms in total. The first-order valence-electron chi connectivity index (χ1n) is 8.10. The Morgan fingerprint density at radius 2 is 1.88 bits per heavy atom. The molecule has 7 heteroatoms. The van der Waals surface area contributed by atoms with E-state index in [9.17, 15) is 14.4 Å². The maximum atomic E-state index is 12.5. The third-order valence-electron chi connectivity index (χ3n) is 4.31. The molecule has 1 aliphatic rings. The zero-order valence-corrected chi connectivity index (χ0v) is 15.7.